The van der Waals surface area contributed by atoms with Gasteiger partial charge < -0.3 is 4.90 Å². The van der Waals surface area contributed by atoms with Gasteiger partial charge in [-0.15, -0.1) is 0 Å². The summed E-state index contributed by atoms with van der Waals surface area (Å²) in [6.45, 7) is 9.74. The fourth-order valence-corrected chi connectivity index (χ4v) is 3.20. The molecule has 0 aromatic rings. The van der Waals surface area contributed by atoms with Crippen LogP contribution in [0.25, 0.3) is 0 Å². The van der Waals surface area contributed by atoms with Crippen molar-refractivity contribution in [2.45, 2.75) is 52.5 Å². The second-order valence-corrected chi connectivity index (χ2v) is 5.50. The molecule has 0 N–H and O–H groups in total. The fraction of sp³-hybridized carbons (Fsp3) is 1.00. The van der Waals surface area contributed by atoms with E-state index in [1.54, 1.807) is 0 Å². The van der Waals surface area contributed by atoms with Crippen molar-refractivity contribution in [3.05, 3.63) is 0 Å². The predicted molar refractivity (Wildman–Crippen MR) is 56.8 cm³/mol. The molecule has 0 atom stereocenters. The van der Waals surface area contributed by atoms with Gasteiger partial charge in [-0.3, -0.25) is 0 Å². The van der Waals surface area contributed by atoms with Gasteiger partial charge >= 0.3 is 0 Å². The second kappa shape index (κ2) is 3.27. The van der Waals surface area contributed by atoms with Gasteiger partial charge in [-0.2, -0.15) is 0 Å². The summed E-state index contributed by atoms with van der Waals surface area (Å²) < 4.78 is 0. The summed E-state index contributed by atoms with van der Waals surface area (Å²) in [6, 6.07) is 0.764. The van der Waals surface area contributed by atoms with E-state index in [0.717, 1.165) is 17.4 Å². The Morgan fingerprint density at radius 1 is 1.38 bits per heavy atom. The van der Waals surface area contributed by atoms with Crippen LogP contribution in [0.15, 0.2) is 0 Å². The van der Waals surface area contributed by atoms with Crippen LogP contribution in [0.2, 0.25) is 0 Å². The molecule has 1 heterocycles. The molecule has 76 valence electrons. The average molecular weight is 181 g/mol. The van der Waals surface area contributed by atoms with E-state index in [0.29, 0.717) is 0 Å². The van der Waals surface area contributed by atoms with Gasteiger partial charge in [-0.05, 0) is 51.0 Å². The Morgan fingerprint density at radius 3 is 2.54 bits per heavy atom. The minimum Gasteiger partial charge on any atom is -0.300 e. The lowest BCUT2D eigenvalue weighted by molar-refractivity contribution is 0.0568. The normalized spacial score (nSPS) is 40.2. The van der Waals surface area contributed by atoms with E-state index >= 15 is 0 Å². The summed E-state index contributed by atoms with van der Waals surface area (Å²) in [5.41, 5.74) is 0.769. The molecule has 1 nitrogen and oxygen atoms in total. The first kappa shape index (κ1) is 9.51. The molecule has 0 radical (unpaired) electrons. The summed E-state index contributed by atoms with van der Waals surface area (Å²) in [5.74, 6) is 1.06. The number of likely N-dealkylation sites (tertiary alicyclic amines) is 1. The Kier molecular flexibility index (Phi) is 2.39. The van der Waals surface area contributed by atoms with Crippen molar-refractivity contribution in [1.29, 1.82) is 0 Å². The van der Waals surface area contributed by atoms with Crippen LogP contribution in [0.3, 0.4) is 0 Å². The lowest BCUT2D eigenvalue weighted by Crippen LogP contribution is -2.40. The number of hydrogen-bond acceptors (Lipinski definition) is 1. The Bertz CT molecular complexity index is 180. The van der Waals surface area contributed by atoms with Crippen molar-refractivity contribution in [3.63, 3.8) is 0 Å². The maximum atomic E-state index is 2.66. The molecule has 1 aliphatic heterocycles. The number of nitrogens with zero attached hydrogens (tertiary/aromatic N) is 1. The maximum absolute atomic E-state index is 2.66. The zero-order chi connectivity index (χ0) is 9.47. The molecule has 0 amide bonds. The first-order chi connectivity index (χ1) is 6.15. The van der Waals surface area contributed by atoms with Gasteiger partial charge in [-0.25, -0.2) is 0 Å². The van der Waals surface area contributed by atoms with Gasteiger partial charge in [0.25, 0.3) is 0 Å². The third kappa shape index (κ3) is 1.63. The van der Waals surface area contributed by atoms with E-state index in [4.69, 9.17) is 0 Å². The molecule has 0 aromatic carbocycles. The molecular formula is C12H23N. The van der Waals surface area contributed by atoms with E-state index in [-0.39, 0.29) is 0 Å². The minimum absolute atomic E-state index is 0.764. The van der Waals surface area contributed by atoms with Gasteiger partial charge in [0.05, 0.1) is 0 Å². The van der Waals surface area contributed by atoms with Crippen LogP contribution < -0.4 is 0 Å². The SMILES string of the molecule is CCC1CC2(CCN(C(C)C)C2)C1. The Morgan fingerprint density at radius 2 is 2.08 bits per heavy atom. The summed E-state index contributed by atoms with van der Waals surface area (Å²) in [4.78, 5) is 2.66. The van der Waals surface area contributed by atoms with Gasteiger partial charge in [0.2, 0.25) is 0 Å². The van der Waals surface area contributed by atoms with E-state index in [9.17, 15) is 0 Å². The van der Waals surface area contributed by atoms with Crippen LogP contribution in [-0.4, -0.2) is 24.0 Å². The minimum atomic E-state index is 0.764. The zero-order valence-corrected chi connectivity index (χ0v) is 9.34. The highest BCUT2D eigenvalue weighted by Gasteiger charge is 2.47. The third-order valence-corrected chi connectivity index (χ3v) is 4.22. The molecule has 1 heteroatoms. The van der Waals surface area contributed by atoms with Crippen molar-refractivity contribution in [3.8, 4) is 0 Å². The quantitative estimate of drug-likeness (QED) is 0.633. The molecule has 2 rings (SSSR count). The monoisotopic (exact) mass is 181 g/mol. The third-order valence-electron chi connectivity index (χ3n) is 4.22. The standard InChI is InChI=1S/C12H23N/c1-4-11-7-12(8-11)5-6-13(9-12)10(2)3/h10-11H,4-9H2,1-3H3. The van der Waals surface area contributed by atoms with Crippen molar-refractivity contribution in [2.24, 2.45) is 11.3 Å². The Hall–Kier alpha value is -0.0400. The molecule has 1 saturated carbocycles. The number of hydrogen-bond donors (Lipinski definition) is 0. The first-order valence-electron chi connectivity index (χ1n) is 5.89. The van der Waals surface area contributed by atoms with Gasteiger partial charge in [0, 0.05) is 12.6 Å². The maximum Gasteiger partial charge on any atom is 0.00414 e. The molecule has 0 aromatic heterocycles. The van der Waals surface area contributed by atoms with Crippen LogP contribution in [0.5, 0.6) is 0 Å². The smallest absolute Gasteiger partial charge is 0.00414 e. The molecule has 13 heavy (non-hydrogen) atoms. The van der Waals surface area contributed by atoms with Crippen LogP contribution in [-0.2, 0) is 0 Å². The van der Waals surface area contributed by atoms with Gasteiger partial charge in [-0.1, -0.05) is 13.3 Å². The van der Waals surface area contributed by atoms with Crippen LogP contribution in [0.1, 0.15) is 46.5 Å². The van der Waals surface area contributed by atoms with Crippen molar-refractivity contribution < 1.29 is 0 Å². The Balaban J connectivity index is 1.86. The predicted octanol–water partition coefficient (Wildman–Crippen LogP) is 2.91. The van der Waals surface area contributed by atoms with Gasteiger partial charge in [0.1, 0.15) is 0 Å². The van der Waals surface area contributed by atoms with E-state index in [2.05, 4.69) is 25.7 Å². The topological polar surface area (TPSA) is 3.24 Å². The molecule has 0 unspecified atom stereocenters. The van der Waals surface area contributed by atoms with Crippen molar-refractivity contribution >= 4 is 0 Å². The van der Waals surface area contributed by atoms with Gasteiger partial charge in [0.15, 0.2) is 0 Å². The molecular weight excluding hydrogens is 158 g/mol. The molecule has 1 saturated heterocycles. The van der Waals surface area contributed by atoms with E-state index in [1.807, 2.05) is 0 Å². The first-order valence-corrected chi connectivity index (χ1v) is 5.89. The molecule has 0 bridgehead atoms. The summed E-state index contributed by atoms with van der Waals surface area (Å²) in [7, 11) is 0. The second-order valence-electron chi connectivity index (χ2n) is 5.50. The molecule has 2 fully saturated rings. The zero-order valence-electron chi connectivity index (χ0n) is 9.34. The van der Waals surface area contributed by atoms with Crippen molar-refractivity contribution in [2.75, 3.05) is 13.1 Å². The number of rotatable bonds is 2. The highest BCUT2D eigenvalue weighted by molar-refractivity contribution is 4.99. The summed E-state index contributed by atoms with van der Waals surface area (Å²) >= 11 is 0. The lowest BCUT2D eigenvalue weighted by Gasteiger charge is -2.45. The highest BCUT2D eigenvalue weighted by atomic mass is 15.2. The Labute approximate surface area is 82.5 Å². The average Bonchev–Trinajstić information content (AvgIpc) is 2.45. The van der Waals surface area contributed by atoms with Crippen LogP contribution >= 0.6 is 0 Å². The molecule has 1 aliphatic carbocycles. The van der Waals surface area contributed by atoms with Crippen molar-refractivity contribution in [1.82, 2.24) is 4.90 Å². The summed E-state index contributed by atoms with van der Waals surface area (Å²) in [5, 5.41) is 0. The highest BCUT2D eigenvalue weighted by Crippen LogP contribution is 2.52. The summed E-state index contributed by atoms with van der Waals surface area (Å²) in [6.07, 6.45) is 5.92. The molecule has 2 aliphatic rings. The van der Waals surface area contributed by atoms with Crippen LogP contribution in [0.4, 0.5) is 0 Å². The lowest BCUT2D eigenvalue weighted by atomic mass is 9.61. The fourth-order valence-electron chi connectivity index (χ4n) is 3.20. The van der Waals surface area contributed by atoms with Crippen LogP contribution in [0, 0.1) is 11.3 Å². The molecule has 1 spiro atoms. The largest absolute Gasteiger partial charge is 0.300 e. The van der Waals surface area contributed by atoms with E-state index in [1.165, 1.54) is 38.8 Å². The van der Waals surface area contributed by atoms with E-state index < -0.39 is 0 Å².